The molecule has 29 heavy (non-hydrogen) atoms. The van der Waals surface area contributed by atoms with Gasteiger partial charge in [0.25, 0.3) is 0 Å². The zero-order valence-corrected chi connectivity index (χ0v) is 21.4. The van der Waals surface area contributed by atoms with E-state index in [-0.39, 0.29) is 42.5 Å². The van der Waals surface area contributed by atoms with Crippen molar-refractivity contribution >= 4 is 35.8 Å². The van der Waals surface area contributed by atoms with Crippen molar-refractivity contribution in [1.82, 2.24) is 20.4 Å². The van der Waals surface area contributed by atoms with Gasteiger partial charge in [-0.1, -0.05) is 13.8 Å². The summed E-state index contributed by atoms with van der Waals surface area (Å²) >= 11 is 0. The van der Waals surface area contributed by atoms with Crippen molar-refractivity contribution < 1.29 is 9.90 Å². The van der Waals surface area contributed by atoms with Crippen molar-refractivity contribution in [2.24, 2.45) is 16.8 Å². The summed E-state index contributed by atoms with van der Waals surface area (Å²) in [5.74, 6) is 2.10. The molecule has 1 aliphatic rings. The first kappa shape index (κ1) is 28.4. The molecule has 7 nitrogen and oxygen atoms in total. The summed E-state index contributed by atoms with van der Waals surface area (Å²) in [7, 11) is 3.67. The molecule has 3 N–H and O–H groups in total. The predicted octanol–water partition coefficient (Wildman–Crippen LogP) is 2.15. The summed E-state index contributed by atoms with van der Waals surface area (Å²) in [6, 6.07) is 0.0483. The van der Waals surface area contributed by atoms with Gasteiger partial charge in [-0.3, -0.25) is 14.7 Å². The fourth-order valence-corrected chi connectivity index (χ4v) is 3.86. The van der Waals surface area contributed by atoms with Gasteiger partial charge in [0.1, 0.15) is 0 Å². The first-order valence-electron chi connectivity index (χ1n) is 11.0. The van der Waals surface area contributed by atoms with Gasteiger partial charge in [-0.25, -0.2) is 0 Å². The Morgan fingerprint density at radius 2 is 2.03 bits per heavy atom. The van der Waals surface area contributed by atoms with Crippen LogP contribution >= 0.6 is 24.0 Å². The van der Waals surface area contributed by atoms with Gasteiger partial charge in [-0.2, -0.15) is 0 Å². The van der Waals surface area contributed by atoms with E-state index in [1.807, 2.05) is 14.1 Å². The second-order valence-corrected chi connectivity index (χ2v) is 8.43. The van der Waals surface area contributed by atoms with Crippen LogP contribution in [0.25, 0.3) is 0 Å². The molecule has 1 amide bonds. The van der Waals surface area contributed by atoms with Crippen LogP contribution in [0.5, 0.6) is 0 Å². The summed E-state index contributed by atoms with van der Waals surface area (Å²) in [4.78, 5) is 21.0. The maximum absolute atomic E-state index is 12.3. The van der Waals surface area contributed by atoms with Gasteiger partial charge < -0.3 is 20.6 Å². The average Bonchev–Trinajstić information content (AvgIpc) is 3.10. The molecular weight excluding hydrogens is 481 g/mol. The lowest BCUT2D eigenvalue weighted by molar-refractivity contribution is -0.133. The lowest BCUT2D eigenvalue weighted by Gasteiger charge is -2.26. The quantitative estimate of drug-likeness (QED) is 0.158. The molecule has 1 rings (SSSR count). The molecule has 0 aromatic rings. The minimum absolute atomic E-state index is 0. The van der Waals surface area contributed by atoms with E-state index in [1.165, 1.54) is 0 Å². The molecule has 2 unspecified atom stereocenters. The maximum Gasteiger partial charge on any atom is 0.239 e. The molecule has 1 heterocycles. The van der Waals surface area contributed by atoms with Crippen molar-refractivity contribution in [3.05, 3.63) is 0 Å². The second kappa shape index (κ2) is 16.1. The number of halogens is 1. The van der Waals surface area contributed by atoms with Crippen LogP contribution in [-0.4, -0.2) is 86.2 Å². The Bertz CT molecular complexity index is 474. The number of amides is 1. The Morgan fingerprint density at radius 1 is 1.31 bits per heavy atom. The van der Waals surface area contributed by atoms with Crippen LogP contribution in [-0.2, 0) is 4.79 Å². The molecule has 172 valence electrons. The van der Waals surface area contributed by atoms with Crippen LogP contribution in [0.1, 0.15) is 52.9 Å². The van der Waals surface area contributed by atoms with Crippen LogP contribution in [0.3, 0.4) is 0 Å². The van der Waals surface area contributed by atoms with E-state index in [1.54, 1.807) is 4.90 Å². The summed E-state index contributed by atoms with van der Waals surface area (Å²) in [5, 5.41) is 16.0. The number of aliphatic imine (C=N–C) groups is 1. The van der Waals surface area contributed by atoms with Crippen LogP contribution in [0.4, 0.5) is 0 Å². The van der Waals surface area contributed by atoms with Gasteiger partial charge in [0.05, 0.1) is 6.04 Å². The summed E-state index contributed by atoms with van der Waals surface area (Å²) < 4.78 is 0. The van der Waals surface area contributed by atoms with Crippen molar-refractivity contribution in [2.45, 2.75) is 58.9 Å². The minimum Gasteiger partial charge on any atom is -0.396 e. The topological polar surface area (TPSA) is 80.2 Å². The van der Waals surface area contributed by atoms with Crippen LogP contribution in [0.2, 0.25) is 0 Å². The normalized spacial score (nSPS) is 18.4. The number of rotatable bonds is 12. The average molecular weight is 526 g/mol. The Hall–Kier alpha value is -0.610. The van der Waals surface area contributed by atoms with Gasteiger partial charge >= 0.3 is 0 Å². The van der Waals surface area contributed by atoms with E-state index in [9.17, 15) is 9.90 Å². The number of nitrogens with one attached hydrogen (secondary N) is 2. The molecule has 0 bridgehead atoms. The van der Waals surface area contributed by atoms with Gasteiger partial charge in [0.15, 0.2) is 5.96 Å². The molecule has 0 aromatic carbocycles. The zero-order chi connectivity index (χ0) is 20.9. The van der Waals surface area contributed by atoms with Gasteiger partial charge in [0, 0.05) is 46.9 Å². The Kier molecular flexibility index (Phi) is 15.8. The van der Waals surface area contributed by atoms with E-state index in [0.29, 0.717) is 11.8 Å². The van der Waals surface area contributed by atoms with Crippen molar-refractivity contribution in [2.75, 3.05) is 53.4 Å². The van der Waals surface area contributed by atoms with Crippen molar-refractivity contribution in [1.29, 1.82) is 0 Å². The number of likely N-dealkylation sites (tertiary alicyclic amines) is 1. The van der Waals surface area contributed by atoms with E-state index in [0.717, 1.165) is 70.8 Å². The maximum atomic E-state index is 12.3. The van der Waals surface area contributed by atoms with Crippen LogP contribution in [0, 0.1) is 11.8 Å². The van der Waals surface area contributed by atoms with Crippen molar-refractivity contribution in [3.8, 4) is 0 Å². The third-order valence-corrected chi connectivity index (χ3v) is 5.20. The first-order chi connectivity index (χ1) is 13.4. The van der Waals surface area contributed by atoms with Gasteiger partial charge in [0.2, 0.25) is 5.91 Å². The molecule has 8 heteroatoms. The lowest BCUT2D eigenvalue weighted by atomic mass is 9.94. The van der Waals surface area contributed by atoms with E-state index in [2.05, 4.69) is 36.3 Å². The molecule has 0 radical (unpaired) electrons. The second-order valence-electron chi connectivity index (χ2n) is 8.43. The standard InChI is InChI=1S/C21H43N5O2.HI/c1-6-22-21(24-16-18(10-14-27)15-17(2)3)23-11-8-13-26-12-7-9-19(26)20(28)25(4)5;/h17-19,27H,6-16H2,1-5H3,(H2,22,23,24);1H. The fraction of sp³-hybridized carbons (Fsp3) is 0.905. The molecule has 0 aromatic heterocycles. The third-order valence-electron chi connectivity index (χ3n) is 5.20. The smallest absolute Gasteiger partial charge is 0.239 e. The fourth-order valence-electron chi connectivity index (χ4n) is 3.86. The van der Waals surface area contributed by atoms with Gasteiger partial charge in [-0.05, 0) is 57.4 Å². The number of aliphatic hydroxyl groups excluding tert-OH is 1. The largest absolute Gasteiger partial charge is 0.396 e. The summed E-state index contributed by atoms with van der Waals surface area (Å²) in [6.45, 7) is 11.0. The number of hydrogen-bond donors (Lipinski definition) is 3. The van der Waals surface area contributed by atoms with Crippen molar-refractivity contribution in [3.63, 3.8) is 0 Å². The molecule has 1 fully saturated rings. The number of likely N-dealkylation sites (N-methyl/N-ethyl adjacent to an activating group) is 1. The highest BCUT2D eigenvalue weighted by Gasteiger charge is 2.30. The molecule has 0 spiro atoms. The molecule has 1 saturated heterocycles. The zero-order valence-electron chi connectivity index (χ0n) is 19.1. The van der Waals surface area contributed by atoms with Crippen LogP contribution in [0.15, 0.2) is 4.99 Å². The molecule has 0 aliphatic carbocycles. The number of carbonyl (C=O) groups excluding carboxylic acids is 1. The number of aliphatic hydroxyl groups is 1. The molecular formula is C21H44IN5O2. The van der Waals surface area contributed by atoms with Crippen LogP contribution < -0.4 is 10.6 Å². The Labute approximate surface area is 195 Å². The summed E-state index contributed by atoms with van der Waals surface area (Å²) in [6.07, 6.45) is 4.94. The number of hydrogen-bond acceptors (Lipinski definition) is 4. The van der Waals surface area contributed by atoms with E-state index >= 15 is 0 Å². The Morgan fingerprint density at radius 3 is 2.62 bits per heavy atom. The van der Waals surface area contributed by atoms with E-state index in [4.69, 9.17) is 4.99 Å². The number of guanidine groups is 1. The molecule has 1 aliphatic heterocycles. The SMILES string of the molecule is CCNC(=NCC(CCO)CC(C)C)NCCCN1CCCC1C(=O)N(C)C.I. The molecule has 0 saturated carbocycles. The highest BCUT2D eigenvalue weighted by Crippen LogP contribution is 2.18. The highest BCUT2D eigenvalue weighted by molar-refractivity contribution is 14.0. The number of carbonyl (C=O) groups is 1. The number of nitrogens with zero attached hydrogens (tertiary/aromatic N) is 3. The lowest BCUT2D eigenvalue weighted by Crippen LogP contribution is -2.44. The van der Waals surface area contributed by atoms with Gasteiger partial charge in [-0.15, -0.1) is 24.0 Å². The van der Waals surface area contributed by atoms with E-state index < -0.39 is 0 Å². The minimum atomic E-state index is 0. The summed E-state index contributed by atoms with van der Waals surface area (Å²) in [5.41, 5.74) is 0. The first-order valence-corrected chi connectivity index (χ1v) is 11.0. The third kappa shape index (κ3) is 11.4. The Balaban J connectivity index is 0.00000784. The highest BCUT2D eigenvalue weighted by atomic mass is 127. The predicted molar refractivity (Wildman–Crippen MR) is 132 cm³/mol. The molecule has 2 atom stereocenters. The monoisotopic (exact) mass is 525 g/mol.